The van der Waals surface area contributed by atoms with Crippen LogP contribution in [-0.2, 0) is 9.53 Å². The van der Waals surface area contributed by atoms with Gasteiger partial charge in [0.2, 0.25) is 0 Å². The molecule has 1 atom stereocenters. The third-order valence-corrected chi connectivity index (χ3v) is 4.31. The van der Waals surface area contributed by atoms with Crippen molar-refractivity contribution in [3.05, 3.63) is 77.4 Å². The number of fused-ring (bicyclic) bond motifs is 1. The Morgan fingerprint density at radius 2 is 1.69 bits per heavy atom. The third-order valence-electron chi connectivity index (χ3n) is 4.31. The van der Waals surface area contributed by atoms with Crippen molar-refractivity contribution in [1.29, 1.82) is 0 Å². The fourth-order valence-electron chi connectivity index (χ4n) is 2.80. The second kappa shape index (κ2) is 7.40. The monoisotopic (exact) mass is 347 g/mol. The Bertz CT molecular complexity index is 973. The first kappa shape index (κ1) is 17.7. The van der Waals surface area contributed by atoms with Crippen LogP contribution in [0.3, 0.4) is 0 Å². The number of esters is 1. The molecule has 0 saturated heterocycles. The Hall–Kier alpha value is -3.14. The van der Waals surface area contributed by atoms with Crippen molar-refractivity contribution in [2.75, 3.05) is 5.32 Å². The molecule has 0 fully saturated rings. The van der Waals surface area contributed by atoms with Crippen LogP contribution in [0.25, 0.3) is 10.8 Å². The number of ether oxygens (including phenoxy) is 1. The maximum Gasteiger partial charge on any atom is 0.339 e. The van der Waals surface area contributed by atoms with Crippen molar-refractivity contribution in [3.8, 4) is 0 Å². The number of rotatable bonds is 4. The lowest BCUT2D eigenvalue weighted by Gasteiger charge is -2.15. The zero-order valence-electron chi connectivity index (χ0n) is 15.1. The molecule has 0 aliphatic rings. The molecule has 1 amide bonds. The van der Waals surface area contributed by atoms with E-state index in [2.05, 4.69) is 5.32 Å². The highest BCUT2D eigenvalue weighted by molar-refractivity contribution is 6.04. The van der Waals surface area contributed by atoms with Crippen LogP contribution in [0.15, 0.2) is 60.7 Å². The Morgan fingerprint density at radius 3 is 2.50 bits per heavy atom. The summed E-state index contributed by atoms with van der Waals surface area (Å²) in [6.45, 7) is 5.33. The van der Waals surface area contributed by atoms with Crippen molar-refractivity contribution in [3.63, 3.8) is 0 Å². The minimum atomic E-state index is -0.901. The van der Waals surface area contributed by atoms with Gasteiger partial charge in [-0.15, -0.1) is 0 Å². The molecule has 0 aromatic heterocycles. The van der Waals surface area contributed by atoms with Crippen LogP contribution >= 0.6 is 0 Å². The lowest BCUT2D eigenvalue weighted by molar-refractivity contribution is -0.123. The number of nitrogens with one attached hydrogen (secondary N) is 1. The largest absolute Gasteiger partial charge is 0.449 e. The summed E-state index contributed by atoms with van der Waals surface area (Å²) in [6, 6.07) is 19.1. The number of aryl methyl sites for hydroxylation is 2. The van der Waals surface area contributed by atoms with Crippen molar-refractivity contribution >= 4 is 28.3 Å². The van der Waals surface area contributed by atoms with E-state index in [4.69, 9.17) is 4.74 Å². The Kier molecular flexibility index (Phi) is 5.03. The third kappa shape index (κ3) is 3.75. The average Bonchev–Trinajstić information content (AvgIpc) is 2.63. The zero-order valence-corrected chi connectivity index (χ0v) is 15.1. The van der Waals surface area contributed by atoms with E-state index in [0.29, 0.717) is 11.3 Å². The second-order valence-electron chi connectivity index (χ2n) is 6.38. The van der Waals surface area contributed by atoms with Gasteiger partial charge in [-0.1, -0.05) is 54.1 Å². The van der Waals surface area contributed by atoms with E-state index < -0.39 is 12.1 Å². The van der Waals surface area contributed by atoms with Gasteiger partial charge >= 0.3 is 5.97 Å². The van der Waals surface area contributed by atoms with Crippen molar-refractivity contribution < 1.29 is 14.3 Å². The first-order valence-electron chi connectivity index (χ1n) is 8.52. The van der Waals surface area contributed by atoms with Crippen LogP contribution < -0.4 is 5.32 Å². The van der Waals surface area contributed by atoms with E-state index in [1.54, 1.807) is 13.0 Å². The molecule has 3 rings (SSSR count). The second-order valence-corrected chi connectivity index (χ2v) is 6.38. The SMILES string of the molecule is Cc1ccc(C)c(C(=O)O[C@H](C)C(=O)Nc2cccc3ccccc23)c1. The van der Waals surface area contributed by atoms with Crippen LogP contribution in [0.4, 0.5) is 5.69 Å². The Balaban J connectivity index is 1.73. The van der Waals surface area contributed by atoms with E-state index in [0.717, 1.165) is 21.9 Å². The van der Waals surface area contributed by atoms with Gasteiger partial charge < -0.3 is 10.1 Å². The first-order valence-corrected chi connectivity index (χ1v) is 8.52. The standard InChI is InChI=1S/C22H21NO3/c1-14-11-12-15(2)19(13-14)22(25)26-16(3)21(24)23-20-10-6-8-17-7-4-5-9-18(17)20/h4-13,16H,1-3H3,(H,23,24)/t16-/m1/s1. The predicted molar refractivity (Wildman–Crippen MR) is 103 cm³/mol. The van der Waals surface area contributed by atoms with Crippen molar-refractivity contribution in [2.24, 2.45) is 0 Å². The molecular formula is C22H21NO3. The van der Waals surface area contributed by atoms with Gasteiger partial charge in [0.25, 0.3) is 5.91 Å². The molecule has 4 heteroatoms. The summed E-state index contributed by atoms with van der Waals surface area (Å²) < 4.78 is 5.37. The number of amides is 1. The van der Waals surface area contributed by atoms with Gasteiger partial charge in [0.05, 0.1) is 5.56 Å². The van der Waals surface area contributed by atoms with E-state index in [-0.39, 0.29) is 5.91 Å². The van der Waals surface area contributed by atoms with E-state index in [9.17, 15) is 9.59 Å². The van der Waals surface area contributed by atoms with Gasteiger partial charge in [0.1, 0.15) is 0 Å². The summed E-state index contributed by atoms with van der Waals surface area (Å²) in [7, 11) is 0. The van der Waals surface area contributed by atoms with E-state index >= 15 is 0 Å². The van der Waals surface area contributed by atoms with Crippen molar-refractivity contribution in [2.45, 2.75) is 26.9 Å². The van der Waals surface area contributed by atoms with Gasteiger partial charge in [-0.2, -0.15) is 0 Å². The van der Waals surface area contributed by atoms with Gasteiger partial charge in [-0.05, 0) is 43.9 Å². The molecule has 3 aromatic rings. The Labute approximate surface area is 152 Å². The summed E-state index contributed by atoms with van der Waals surface area (Å²) in [5, 5.41) is 4.83. The molecule has 1 N–H and O–H groups in total. The molecule has 0 heterocycles. The molecule has 0 unspecified atom stereocenters. The molecule has 4 nitrogen and oxygen atoms in total. The van der Waals surface area contributed by atoms with Crippen LogP contribution in [-0.4, -0.2) is 18.0 Å². The van der Waals surface area contributed by atoms with Crippen LogP contribution in [0, 0.1) is 13.8 Å². The molecule has 0 bridgehead atoms. The summed E-state index contributed by atoms with van der Waals surface area (Å²) in [5.74, 6) is -0.855. The fraction of sp³-hybridized carbons (Fsp3) is 0.182. The first-order chi connectivity index (χ1) is 12.5. The number of hydrogen-bond donors (Lipinski definition) is 1. The highest BCUT2D eigenvalue weighted by Crippen LogP contribution is 2.23. The highest BCUT2D eigenvalue weighted by atomic mass is 16.5. The fourth-order valence-corrected chi connectivity index (χ4v) is 2.80. The van der Waals surface area contributed by atoms with E-state index in [1.165, 1.54) is 0 Å². The lowest BCUT2D eigenvalue weighted by atomic mass is 10.1. The van der Waals surface area contributed by atoms with Crippen LogP contribution in [0.5, 0.6) is 0 Å². The molecule has 26 heavy (non-hydrogen) atoms. The Morgan fingerprint density at radius 1 is 0.962 bits per heavy atom. The summed E-state index contributed by atoms with van der Waals surface area (Å²) in [6.07, 6.45) is -0.901. The van der Waals surface area contributed by atoms with Gasteiger partial charge in [0.15, 0.2) is 6.10 Å². The molecule has 0 aliphatic heterocycles. The summed E-state index contributed by atoms with van der Waals surface area (Å²) >= 11 is 0. The quantitative estimate of drug-likeness (QED) is 0.700. The number of benzene rings is 3. The molecule has 3 aromatic carbocycles. The van der Waals surface area contributed by atoms with Gasteiger partial charge in [0, 0.05) is 11.1 Å². The van der Waals surface area contributed by atoms with Crippen LogP contribution in [0.2, 0.25) is 0 Å². The van der Waals surface area contributed by atoms with Gasteiger partial charge in [-0.3, -0.25) is 4.79 Å². The zero-order chi connectivity index (χ0) is 18.7. The molecule has 0 spiro atoms. The smallest absolute Gasteiger partial charge is 0.339 e. The molecule has 0 saturated carbocycles. The molecule has 0 aliphatic carbocycles. The number of carbonyl (C=O) groups is 2. The predicted octanol–water partition coefficient (Wildman–Crippen LogP) is 4.64. The van der Waals surface area contributed by atoms with Gasteiger partial charge in [-0.25, -0.2) is 4.79 Å². The minimum absolute atomic E-state index is 0.361. The summed E-state index contributed by atoms with van der Waals surface area (Å²) in [4.78, 5) is 24.9. The highest BCUT2D eigenvalue weighted by Gasteiger charge is 2.20. The summed E-state index contributed by atoms with van der Waals surface area (Å²) in [5.41, 5.74) is 2.97. The normalized spacial score (nSPS) is 11.8. The number of carbonyl (C=O) groups excluding carboxylic acids is 2. The lowest BCUT2D eigenvalue weighted by Crippen LogP contribution is -2.30. The molecular weight excluding hydrogens is 326 g/mol. The topological polar surface area (TPSA) is 55.4 Å². The maximum absolute atomic E-state index is 12.5. The molecule has 132 valence electrons. The number of anilines is 1. The average molecular weight is 347 g/mol. The minimum Gasteiger partial charge on any atom is -0.449 e. The van der Waals surface area contributed by atoms with Crippen molar-refractivity contribution in [1.82, 2.24) is 0 Å². The number of hydrogen-bond acceptors (Lipinski definition) is 3. The van der Waals surface area contributed by atoms with E-state index in [1.807, 2.05) is 68.4 Å². The molecule has 0 radical (unpaired) electrons. The van der Waals surface area contributed by atoms with Crippen LogP contribution in [0.1, 0.15) is 28.4 Å². The maximum atomic E-state index is 12.5.